The molecule has 1 aromatic rings. The zero-order valence-corrected chi connectivity index (χ0v) is 9.21. The summed E-state index contributed by atoms with van der Waals surface area (Å²) < 4.78 is 40.1. The van der Waals surface area contributed by atoms with E-state index in [9.17, 15) is 18.0 Å². The SMILES string of the molecule is Cc1c(CC(=O)O)cc(C#N)cc1OC(F)(F)F. The fourth-order valence-electron chi connectivity index (χ4n) is 1.39. The zero-order valence-electron chi connectivity index (χ0n) is 9.21. The Morgan fingerprint density at radius 2 is 2.11 bits per heavy atom. The monoisotopic (exact) mass is 259 g/mol. The molecule has 7 heteroatoms. The van der Waals surface area contributed by atoms with Crippen LogP contribution >= 0.6 is 0 Å². The molecule has 0 saturated carbocycles. The quantitative estimate of drug-likeness (QED) is 0.904. The van der Waals surface area contributed by atoms with Crippen LogP contribution in [0.3, 0.4) is 0 Å². The van der Waals surface area contributed by atoms with Crippen molar-refractivity contribution in [3.63, 3.8) is 0 Å². The number of nitriles is 1. The predicted molar refractivity (Wildman–Crippen MR) is 53.9 cm³/mol. The van der Waals surface area contributed by atoms with Crippen molar-refractivity contribution in [1.29, 1.82) is 5.26 Å². The number of carbonyl (C=O) groups is 1. The van der Waals surface area contributed by atoms with E-state index < -0.39 is 24.5 Å². The highest BCUT2D eigenvalue weighted by molar-refractivity contribution is 5.71. The van der Waals surface area contributed by atoms with Crippen molar-refractivity contribution in [3.8, 4) is 11.8 Å². The van der Waals surface area contributed by atoms with Gasteiger partial charge in [-0.15, -0.1) is 13.2 Å². The first-order valence-electron chi connectivity index (χ1n) is 4.74. The Balaban J connectivity index is 3.25. The molecule has 0 atom stereocenters. The summed E-state index contributed by atoms with van der Waals surface area (Å²) in [4.78, 5) is 10.6. The Morgan fingerprint density at radius 3 is 2.56 bits per heavy atom. The maximum atomic E-state index is 12.1. The fourth-order valence-corrected chi connectivity index (χ4v) is 1.39. The molecule has 1 rings (SSSR count). The molecule has 0 aromatic heterocycles. The average molecular weight is 259 g/mol. The van der Waals surface area contributed by atoms with Crippen LogP contribution in [0.4, 0.5) is 13.2 Å². The number of rotatable bonds is 3. The van der Waals surface area contributed by atoms with Crippen molar-refractivity contribution in [1.82, 2.24) is 0 Å². The van der Waals surface area contributed by atoms with Crippen molar-refractivity contribution in [2.45, 2.75) is 19.7 Å². The van der Waals surface area contributed by atoms with Gasteiger partial charge in [0, 0.05) is 0 Å². The van der Waals surface area contributed by atoms with Gasteiger partial charge in [-0.25, -0.2) is 0 Å². The number of halogens is 3. The lowest BCUT2D eigenvalue weighted by molar-refractivity contribution is -0.274. The minimum atomic E-state index is -4.89. The van der Waals surface area contributed by atoms with Crippen LogP contribution in [0.25, 0.3) is 0 Å². The van der Waals surface area contributed by atoms with Crippen LogP contribution in [0.15, 0.2) is 12.1 Å². The number of benzene rings is 1. The summed E-state index contributed by atoms with van der Waals surface area (Å²) in [6, 6.07) is 3.81. The summed E-state index contributed by atoms with van der Waals surface area (Å²) in [5.41, 5.74) is 0.0747. The molecule has 0 radical (unpaired) electrons. The topological polar surface area (TPSA) is 70.3 Å². The molecular weight excluding hydrogens is 251 g/mol. The van der Waals surface area contributed by atoms with E-state index in [1.54, 1.807) is 6.07 Å². The van der Waals surface area contributed by atoms with Gasteiger partial charge in [-0.05, 0) is 30.2 Å². The van der Waals surface area contributed by atoms with Crippen LogP contribution in [0.1, 0.15) is 16.7 Å². The van der Waals surface area contributed by atoms with Gasteiger partial charge < -0.3 is 9.84 Å². The molecule has 96 valence electrons. The number of hydrogen-bond donors (Lipinski definition) is 1. The summed E-state index contributed by atoms with van der Waals surface area (Å²) in [5.74, 6) is -1.76. The van der Waals surface area contributed by atoms with Crippen molar-refractivity contribution < 1.29 is 27.8 Å². The Labute approximate surface area is 100 Å². The van der Waals surface area contributed by atoms with Crippen molar-refractivity contribution in [2.75, 3.05) is 0 Å². The summed E-state index contributed by atoms with van der Waals surface area (Å²) in [5, 5.41) is 17.3. The lowest BCUT2D eigenvalue weighted by Gasteiger charge is -2.14. The average Bonchev–Trinajstić information content (AvgIpc) is 2.21. The molecule has 0 heterocycles. The van der Waals surface area contributed by atoms with Gasteiger partial charge in [-0.1, -0.05) is 0 Å². The fraction of sp³-hybridized carbons (Fsp3) is 0.273. The maximum Gasteiger partial charge on any atom is 0.573 e. The normalized spacial score (nSPS) is 10.8. The van der Waals surface area contributed by atoms with E-state index in [0.717, 1.165) is 6.07 Å². The van der Waals surface area contributed by atoms with E-state index in [4.69, 9.17) is 10.4 Å². The third-order valence-electron chi connectivity index (χ3n) is 2.16. The summed E-state index contributed by atoms with van der Waals surface area (Å²) in [7, 11) is 0. The summed E-state index contributed by atoms with van der Waals surface area (Å²) >= 11 is 0. The van der Waals surface area contributed by atoms with Crippen LogP contribution < -0.4 is 4.74 Å². The standard InChI is InChI=1S/C11H8F3NO3/c1-6-8(4-10(16)17)2-7(5-15)3-9(6)18-11(12,13)14/h2-3H,4H2,1H3,(H,16,17). The van der Waals surface area contributed by atoms with Gasteiger partial charge in [0.1, 0.15) is 5.75 Å². The Hall–Kier alpha value is -2.23. The zero-order chi connectivity index (χ0) is 13.9. The lowest BCUT2D eigenvalue weighted by Crippen LogP contribution is -2.18. The number of carboxylic acids is 1. The van der Waals surface area contributed by atoms with Gasteiger partial charge in [-0.3, -0.25) is 4.79 Å². The Bertz CT molecular complexity index is 517. The predicted octanol–water partition coefficient (Wildman–Crippen LogP) is 2.39. The van der Waals surface area contributed by atoms with E-state index in [0.29, 0.717) is 0 Å². The number of ether oxygens (including phenoxy) is 1. The van der Waals surface area contributed by atoms with Gasteiger partial charge in [0.25, 0.3) is 0 Å². The summed E-state index contributed by atoms with van der Waals surface area (Å²) in [6.07, 6.45) is -5.37. The lowest BCUT2D eigenvalue weighted by atomic mass is 10.0. The molecular formula is C11H8F3NO3. The molecule has 0 aliphatic heterocycles. The van der Waals surface area contributed by atoms with Gasteiger partial charge >= 0.3 is 12.3 Å². The van der Waals surface area contributed by atoms with Gasteiger partial charge in [0.05, 0.1) is 18.1 Å². The van der Waals surface area contributed by atoms with E-state index in [1.165, 1.54) is 13.0 Å². The van der Waals surface area contributed by atoms with Gasteiger partial charge in [0.15, 0.2) is 0 Å². The molecule has 0 saturated heterocycles. The first kappa shape index (κ1) is 13.8. The smallest absolute Gasteiger partial charge is 0.481 e. The highest BCUT2D eigenvalue weighted by atomic mass is 19.4. The van der Waals surface area contributed by atoms with Crippen molar-refractivity contribution >= 4 is 5.97 Å². The van der Waals surface area contributed by atoms with Crippen LogP contribution in [0.2, 0.25) is 0 Å². The molecule has 0 unspecified atom stereocenters. The maximum absolute atomic E-state index is 12.1. The van der Waals surface area contributed by atoms with Gasteiger partial charge in [0.2, 0.25) is 0 Å². The molecule has 1 aromatic carbocycles. The van der Waals surface area contributed by atoms with E-state index in [2.05, 4.69) is 4.74 Å². The molecule has 1 N–H and O–H groups in total. The molecule has 18 heavy (non-hydrogen) atoms. The highest BCUT2D eigenvalue weighted by Crippen LogP contribution is 2.29. The number of carboxylic acid groups (broad SMARTS) is 1. The summed E-state index contributed by atoms with van der Waals surface area (Å²) in [6.45, 7) is 1.31. The van der Waals surface area contributed by atoms with E-state index >= 15 is 0 Å². The van der Waals surface area contributed by atoms with Crippen molar-refractivity contribution in [2.24, 2.45) is 0 Å². The Kier molecular flexibility index (Phi) is 3.81. The number of nitrogens with zero attached hydrogens (tertiary/aromatic N) is 1. The Morgan fingerprint density at radius 1 is 1.50 bits per heavy atom. The minimum absolute atomic E-state index is 0.0497. The second-order valence-electron chi connectivity index (χ2n) is 3.49. The molecule has 0 fully saturated rings. The van der Waals surface area contributed by atoms with Crippen molar-refractivity contribution in [3.05, 3.63) is 28.8 Å². The molecule has 0 bridgehead atoms. The molecule has 0 aliphatic carbocycles. The van der Waals surface area contributed by atoms with Crippen LogP contribution in [-0.2, 0) is 11.2 Å². The second kappa shape index (κ2) is 4.96. The third-order valence-corrected chi connectivity index (χ3v) is 2.16. The molecule has 0 spiro atoms. The number of alkyl halides is 3. The van der Waals surface area contributed by atoms with Crippen LogP contribution in [0.5, 0.6) is 5.75 Å². The third kappa shape index (κ3) is 3.66. The first-order chi connectivity index (χ1) is 8.23. The highest BCUT2D eigenvalue weighted by Gasteiger charge is 2.32. The van der Waals surface area contributed by atoms with E-state index in [-0.39, 0.29) is 16.7 Å². The van der Waals surface area contributed by atoms with E-state index in [1.807, 2.05) is 0 Å². The first-order valence-corrected chi connectivity index (χ1v) is 4.74. The molecule has 0 aliphatic rings. The molecule has 0 amide bonds. The number of aliphatic carboxylic acids is 1. The van der Waals surface area contributed by atoms with Crippen LogP contribution in [-0.4, -0.2) is 17.4 Å². The second-order valence-corrected chi connectivity index (χ2v) is 3.49. The van der Waals surface area contributed by atoms with Crippen LogP contribution in [0, 0.1) is 18.3 Å². The largest absolute Gasteiger partial charge is 0.573 e. The minimum Gasteiger partial charge on any atom is -0.481 e. The molecule has 4 nitrogen and oxygen atoms in total. The number of hydrogen-bond acceptors (Lipinski definition) is 3. The van der Waals surface area contributed by atoms with Gasteiger partial charge in [-0.2, -0.15) is 5.26 Å².